The highest BCUT2D eigenvalue weighted by atomic mass is 19.1. The lowest BCUT2D eigenvalue weighted by Crippen LogP contribution is -2.36. The lowest BCUT2D eigenvalue weighted by atomic mass is 10.0. The summed E-state index contributed by atoms with van der Waals surface area (Å²) < 4.78 is 45.4. The summed E-state index contributed by atoms with van der Waals surface area (Å²) in [7, 11) is 1.56. The monoisotopic (exact) mass is 630 g/mol. The van der Waals surface area contributed by atoms with Crippen LogP contribution < -0.4 is 30.1 Å². The van der Waals surface area contributed by atoms with Gasteiger partial charge in [-0.15, -0.1) is 0 Å². The van der Waals surface area contributed by atoms with Crippen LogP contribution in [0.15, 0.2) is 79.6 Å². The maximum Gasteiger partial charge on any atom is 0.247 e. The van der Waals surface area contributed by atoms with E-state index in [1.54, 1.807) is 36.4 Å². The second-order valence-electron chi connectivity index (χ2n) is 10.5. The van der Waals surface area contributed by atoms with Crippen LogP contribution in [0.5, 0.6) is 17.2 Å². The van der Waals surface area contributed by atoms with Crippen LogP contribution in [0.3, 0.4) is 0 Å². The molecule has 46 heavy (non-hydrogen) atoms. The van der Waals surface area contributed by atoms with Gasteiger partial charge in [0, 0.05) is 43.8 Å². The van der Waals surface area contributed by atoms with Gasteiger partial charge < -0.3 is 29.7 Å². The number of morpholine rings is 1. The van der Waals surface area contributed by atoms with E-state index in [9.17, 15) is 13.6 Å². The number of nitrogens with one attached hydrogen (secondary N) is 2. The quantitative estimate of drug-likeness (QED) is 0.198. The molecule has 3 aromatic carbocycles. The summed E-state index contributed by atoms with van der Waals surface area (Å²) in [5, 5.41) is 7.75. The maximum atomic E-state index is 14.8. The van der Waals surface area contributed by atoms with E-state index in [4.69, 9.17) is 19.0 Å². The number of anilines is 5. The largest absolute Gasteiger partial charge is 0.494 e. The van der Waals surface area contributed by atoms with Gasteiger partial charge in [0.25, 0.3) is 0 Å². The van der Waals surface area contributed by atoms with E-state index >= 15 is 0 Å². The van der Waals surface area contributed by atoms with Crippen LogP contribution >= 0.6 is 0 Å². The highest BCUT2D eigenvalue weighted by Crippen LogP contribution is 2.40. The Hall–Kier alpha value is -5.27. The Bertz CT molecular complexity index is 1740. The Morgan fingerprint density at radius 2 is 1.83 bits per heavy atom. The number of carbonyl (C=O) groups excluding carboxylic acids is 1. The number of benzene rings is 3. The fourth-order valence-corrected chi connectivity index (χ4v) is 5.36. The number of rotatable bonds is 10. The lowest BCUT2D eigenvalue weighted by Gasteiger charge is -2.31. The number of carbonyl (C=O) groups is 1. The summed E-state index contributed by atoms with van der Waals surface area (Å²) in [5.41, 5.74) is 2.50. The normalized spacial score (nSPS) is 16.2. The van der Waals surface area contributed by atoms with Crippen LogP contribution in [0.4, 0.5) is 37.5 Å². The number of hydroxylamine groups is 1. The van der Waals surface area contributed by atoms with Gasteiger partial charge in [0.1, 0.15) is 41.0 Å². The van der Waals surface area contributed by atoms with E-state index in [0.717, 1.165) is 5.69 Å². The first-order chi connectivity index (χ1) is 22.4. The molecule has 2 aliphatic heterocycles. The average Bonchev–Trinajstić information content (AvgIpc) is 3.56. The molecule has 1 atom stereocenters. The molecular formula is C33H32F2N6O5. The van der Waals surface area contributed by atoms with Crippen molar-refractivity contribution in [1.29, 1.82) is 0 Å². The molecule has 11 nitrogen and oxygen atoms in total. The third kappa shape index (κ3) is 7.00. The van der Waals surface area contributed by atoms with Gasteiger partial charge in [-0.05, 0) is 42.0 Å². The Kier molecular flexibility index (Phi) is 9.22. The fourth-order valence-electron chi connectivity index (χ4n) is 5.36. The molecule has 4 aromatic rings. The minimum atomic E-state index is -0.507. The first-order valence-corrected chi connectivity index (χ1v) is 14.6. The summed E-state index contributed by atoms with van der Waals surface area (Å²) >= 11 is 0. The van der Waals surface area contributed by atoms with E-state index in [-0.39, 0.29) is 17.4 Å². The molecule has 6 rings (SSSR count). The van der Waals surface area contributed by atoms with Crippen molar-refractivity contribution in [2.75, 3.05) is 60.6 Å². The van der Waals surface area contributed by atoms with Crippen LogP contribution in [0.2, 0.25) is 0 Å². The highest BCUT2D eigenvalue weighted by molar-refractivity contribution is 6.02. The van der Waals surface area contributed by atoms with Gasteiger partial charge in [-0.2, -0.15) is 0 Å². The summed E-state index contributed by atoms with van der Waals surface area (Å²) in [5.74, 6) is 0.544. The van der Waals surface area contributed by atoms with E-state index < -0.39 is 17.7 Å². The van der Waals surface area contributed by atoms with Gasteiger partial charge in [0.15, 0.2) is 5.82 Å². The topological polar surface area (TPSA) is 110 Å². The molecule has 0 saturated carbocycles. The number of hydrogen-bond donors (Lipinski definition) is 2. The summed E-state index contributed by atoms with van der Waals surface area (Å²) in [4.78, 5) is 29.2. The first kappa shape index (κ1) is 30.7. The van der Waals surface area contributed by atoms with Gasteiger partial charge >= 0.3 is 0 Å². The number of hydrogen-bond acceptors (Lipinski definition) is 10. The molecule has 3 heterocycles. The molecule has 2 N–H and O–H groups in total. The molecular weight excluding hydrogens is 598 g/mol. The van der Waals surface area contributed by atoms with E-state index in [1.807, 2.05) is 6.07 Å². The van der Waals surface area contributed by atoms with Crippen LogP contribution in [-0.4, -0.2) is 55.9 Å². The maximum absolute atomic E-state index is 14.8. The molecule has 0 aliphatic carbocycles. The van der Waals surface area contributed by atoms with Gasteiger partial charge in [-0.25, -0.2) is 23.8 Å². The fraction of sp³-hybridized carbons (Fsp3) is 0.242. The summed E-state index contributed by atoms with van der Waals surface area (Å²) in [6, 6.07) is 14.9. The van der Waals surface area contributed by atoms with Crippen molar-refractivity contribution in [3.63, 3.8) is 0 Å². The summed E-state index contributed by atoms with van der Waals surface area (Å²) in [6.07, 6.45) is 3.15. The third-order valence-corrected chi connectivity index (χ3v) is 7.47. The molecule has 0 spiro atoms. The number of amides is 1. The molecule has 238 valence electrons. The Morgan fingerprint density at radius 3 is 2.61 bits per heavy atom. The minimum Gasteiger partial charge on any atom is -0.494 e. The van der Waals surface area contributed by atoms with E-state index in [0.29, 0.717) is 73.7 Å². The van der Waals surface area contributed by atoms with Crippen molar-refractivity contribution >= 4 is 34.6 Å². The van der Waals surface area contributed by atoms with Crippen LogP contribution in [0, 0.1) is 11.6 Å². The molecule has 2 fully saturated rings. The van der Waals surface area contributed by atoms with Crippen molar-refractivity contribution in [3.05, 3.63) is 96.8 Å². The highest BCUT2D eigenvalue weighted by Gasteiger charge is 2.30. The number of nitrogens with zero attached hydrogens (tertiary/aromatic N) is 4. The van der Waals surface area contributed by atoms with Crippen LogP contribution in [0.25, 0.3) is 0 Å². The lowest BCUT2D eigenvalue weighted by molar-refractivity contribution is -0.111. The zero-order valence-corrected chi connectivity index (χ0v) is 25.0. The summed E-state index contributed by atoms with van der Waals surface area (Å²) in [6.45, 7) is 6.39. The van der Waals surface area contributed by atoms with Crippen molar-refractivity contribution in [2.45, 2.75) is 12.5 Å². The predicted octanol–water partition coefficient (Wildman–Crippen LogP) is 6.14. The smallest absolute Gasteiger partial charge is 0.247 e. The van der Waals surface area contributed by atoms with Crippen LogP contribution in [-0.2, 0) is 14.4 Å². The second-order valence-corrected chi connectivity index (χ2v) is 10.5. The van der Waals surface area contributed by atoms with Gasteiger partial charge in [-0.3, -0.25) is 9.63 Å². The van der Waals surface area contributed by atoms with Gasteiger partial charge in [0.05, 0.1) is 50.0 Å². The molecule has 1 amide bonds. The zero-order valence-electron chi connectivity index (χ0n) is 25.0. The number of halogens is 2. The van der Waals surface area contributed by atoms with E-state index in [2.05, 4.69) is 32.1 Å². The van der Waals surface area contributed by atoms with E-state index in [1.165, 1.54) is 42.7 Å². The average molecular weight is 631 g/mol. The van der Waals surface area contributed by atoms with Gasteiger partial charge in [-0.1, -0.05) is 12.6 Å². The number of ether oxygens (including phenoxy) is 3. The Balaban J connectivity index is 1.26. The Morgan fingerprint density at radius 1 is 1.00 bits per heavy atom. The molecule has 13 heteroatoms. The predicted molar refractivity (Wildman–Crippen MR) is 169 cm³/mol. The first-order valence-electron chi connectivity index (χ1n) is 14.6. The number of methoxy groups -OCH3 is 1. The second kappa shape index (κ2) is 13.8. The standard InChI is InChI=1S/C33H32F2N6O5/c1-3-33(42)39-26-17-27(30(43-2)18-29(26)40-8-11-44-12-9-40)38-31-19-32(37-20-36-31)41-28(7-10-45-41)21-13-23(35)16-25(14-21)46-24-6-4-5-22(34)15-24/h3-6,13-20,28H,1,7-12H2,2H3,(H,39,42)(H,36,37,38). The molecule has 1 aromatic heterocycles. The van der Waals surface area contributed by atoms with Crippen molar-refractivity contribution in [1.82, 2.24) is 9.97 Å². The van der Waals surface area contributed by atoms with Gasteiger partial charge in [0.2, 0.25) is 5.91 Å². The number of aromatic nitrogens is 2. The minimum absolute atomic E-state index is 0.226. The molecule has 0 bridgehead atoms. The molecule has 0 radical (unpaired) electrons. The SMILES string of the molecule is C=CC(=O)Nc1cc(Nc2cc(N3OCCC3c3cc(F)cc(Oc4cccc(F)c4)c3)ncn2)c(OC)cc1N1CCOCC1. The Labute approximate surface area is 264 Å². The van der Waals surface area contributed by atoms with Crippen molar-refractivity contribution < 1.29 is 32.6 Å². The third-order valence-electron chi connectivity index (χ3n) is 7.47. The van der Waals surface area contributed by atoms with Crippen LogP contribution in [0.1, 0.15) is 18.0 Å². The molecule has 1 unspecified atom stereocenters. The van der Waals surface area contributed by atoms with Crippen molar-refractivity contribution in [2.24, 2.45) is 0 Å². The molecule has 2 saturated heterocycles. The molecule has 2 aliphatic rings. The zero-order chi connectivity index (χ0) is 32.0. The van der Waals surface area contributed by atoms with Crippen molar-refractivity contribution in [3.8, 4) is 17.2 Å².